The van der Waals surface area contributed by atoms with Crippen LogP contribution in [0.25, 0.3) is 51.2 Å². The van der Waals surface area contributed by atoms with Gasteiger partial charge in [-0.1, -0.05) is 97.1 Å². The number of rotatable bonds is 6. The number of hydrogen-bond acceptors (Lipinski definition) is 3. The molecular weight excluding hydrogens is 422 g/mol. The summed E-state index contributed by atoms with van der Waals surface area (Å²) in [7, 11) is 0. The summed E-state index contributed by atoms with van der Waals surface area (Å²) in [6.45, 7) is 0. The lowest BCUT2D eigenvalue weighted by Crippen LogP contribution is -1.88. The molecule has 164 valence electrons. The van der Waals surface area contributed by atoms with Gasteiger partial charge in [-0.2, -0.15) is 0 Å². The molecule has 0 spiro atoms. The molecule has 4 nitrogen and oxygen atoms in total. The van der Waals surface area contributed by atoms with Gasteiger partial charge in [-0.25, -0.2) is 9.78 Å². The molecule has 0 saturated heterocycles. The maximum Gasteiger partial charge on any atom is 0.328 e. The molecule has 0 fully saturated rings. The fraction of sp³-hybridized carbons (Fsp3) is 0. The summed E-state index contributed by atoms with van der Waals surface area (Å²) in [6, 6.07) is 35.7. The molecule has 5 rings (SSSR count). The largest absolute Gasteiger partial charge is 0.478 e. The zero-order valence-electron chi connectivity index (χ0n) is 18.3. The fourth-order valence-corrected chi connectivity index (χ4v) is 3.91. The molecule has 0 saturated carbocycles. The highest BCUT2D eigenvalue weighted by Crippen LogP contribution is 2.39. The van der Waals surface area contributed by atoms with Crippen LogP contribution in [0.3, 0.4) is 0 Å². The van der Waals surface area contributed by atoms with E-state index in [-0.39, 0.29) is 0 Å². The summed E-state index contributed by atoms with van der Waals surface area (Å²) in [4.78, 5) is 15.9. The van der Waals surface area contributed by atoms with E-state index in [9.17, 15) is 4.79 Å². The van der Waals surface area contributed by atoms with Crippen LogP contribution in [0.4, 0.5) is 0 Å². The van der Waals surface area contributed by atoms with E-state index in [0.29, 0.717) is 5.89 Å². The minimum Gasteiger partial charge on any atom is -0.478 e. The van der Waals surface area contributed by atoms with E-state index in [2.05, 4.69) is 0 Å². The molecule has 0 unspecified atom stereocenters. The van der Waals surface area contributed by atoms with Crippen molar-refractivity contribution in [3.63, 3.8) is 0 Å². The molecule has 0 aliphatic heterocycles. The first-order valence-electron chi connectivity index (χ1n) is 10.9. The monoisotopic (exact) mass is 443 g/mol. The van der Waals surface area contributed by atoms with Gasteiger partial charge in [0.15, 0.2) is 5.76 Å². The Morgan fingerprint density at radius 2 is 1.32 bits per heavy atom. The van der Waals surface area contributed by atoms with Crippen LogP contribution in [0.1, 0.15) is 5.56 Å². The van der Waals surface area contributed by atoms with Gasteiger partial charge in [0.2, 0.25) is 5.89 Å². The van der Waals surface area contributed by atoms with Gasteiger partial charge >= 0.3 is 5.97 Å². The predicted molar refractivity (Wildman–Crippen MR) is 135 cm³/mol. The Hall–Kier alpha value is -4.70. The first kappa shape index (κ1) is 21.2. The number of carboxylic acids is 1. The molecule has 0 radical (unpaired) electrons. The molecule has 1 aromatic heterocycles. The van der Waals surface area contributed by atoms with E-state index >= 15 is 0 Å². The maximum absolute atomic E-state index is 10.9. The Morgan fingerprint density at radius 1 is 0.706 bits per heavy atom. The van der Waals surface area contributed by atoms with E-state index in [1.165, 1.54) is 0 Å². The van der Waals surface area contributed by atoms with Crippen LogP contribution in [-0.2, 0) is 4.79 Å². The number of carbonyl (C=O) groups is 1. The topological polar surface area (TPSA) is 63.3 Å². The number of benzene rings is 4. The summed E-state index contributed by atoms with van der Waals surface area (Å²) in [5.41, 5.74) is 6.29. The van der Waals surface area contributed by atoms with Gasteiger partial charge in [0.05, 0.1) is 0 Å². The van der Waals surface area contributed by atoms with Crippen LogP contribution in [0.5, 0.6) is 0 Å². The van der Waals surface area contributed by atoms with Crippen LogP contribution < -0.4 is 0 Å². The van der Waals surface area contributed by atoms with Gasteiger partial charge in [0, 0.05) is 22.8 Å². The maximum atomic E-state index is 10.9. The Balaban J connectivity index is 1.65. The smallest absolute Gasteiger partial charge is 0.328 e. The van der Waals surface area contributed by atoms with Crippen LogP contribution >= 0.6 is 0 Å². The molecule has 5 aromatic rings. The number of aliphatic carboxylic acids is 1. The first-order chi connectivity index (χ1) is 16.7. The third-order valence-electron chi connectivity index (χ3n) is 5.48. The molecule has 0 bridgehead atoms. The molecule has 34 heavy (non-hydrogen) atoms. The van der Waals surface area contributed by atoms with Crippen LogP contribution in [-0.4, -0.2) is 16.1 Å². The number of carboxylic acid groups (broad SMARTS) is 1. The highest BCUT2D eigenvalue weighted by atomic mass is 16.4. The number of aromatic nitrogens is 1. The number of oxazole rings is 1. The second-order valence-electron chi connectivity index (χ2n) is 7.77. The standard InChI is InChI=1S/C30H21NO3/c32-27(33)19-18-21-10-9-15-24(20-21)25-16-7-8-17-26(25)30-31-28(22-11-3-1-4-12-22)29(34-30)23-13-5-2-6-14-23/h1-20H,(H,32,33). The molecule has 0 amide bonds. The predicted octanol–water partition coefficient (Wildman–Crippen LogP) is 7.44. The Labute approximate surface area is 197 Å². The van der Waals surface area contributed by atoms with Crippen molar-refractivity contribution in [3.05, 3.63) is 121 Å². The first-order valence-corrected chi connectivity index (χ1v) is 10.9. The van der Waals surface area contributed by atoms with Gasteiger partial charge in [-0.3, -0.25) is 0 Å². The van der Waals surface area contributed by atoms with Crippen molar-refractivity contribution >= 4 is 12.0 Å². The highest BCUT2D eigenvalue weighted by Gasteiger charge is 2.20. The van der Waals surface area contributed by atoms with Crippen LogP contribution in [0, 0.1) is 0 Å². The highest BCUT2D eigenvalue weighted by molar-refractivity contribution is 5.87. The molecule has 1 N–H and O–H groups in total. The summed E-state index contributed by atoms with van der Waals surface area (Å²) < 4.78 is 6.41. The van der Waals surface area contributed by atoms with Gasteiger partial charge < -0.3 is 9.52 Å². The molecule has 4 heteroatoms. The lowest BCUT2D eigenvalue weighted by Gasteiger charge is -2.08. The summed E-state index contributed by atoms with van der Waals surface area (Å²) in [5, 5.41) is 8.96. The summed E-state index contributed by atoms with van der Waals surface area (Å²) in [5.74, 6) is 0.266. The van der Waals surface area contributed by atoms with E-state index in [1.54, 1.807) is 6.08 Å². The minimum absolute atomic E-state index is 0.528. The van der Waals surface area contributed by atoms with E-state index in [1.807, 2.05) is 109 Å². The van der Waals surface area contributed by atoms with Gasteiger partial charge in [-0.05, 0) is 34.9 Å². The van der Waals surface area contributed by atoms with Crippen molar-refractivity contribution in [3.8, 4) is 45.2 Å². The lowest BCUT2D eigenvalue weighted by atomic mass is 9.98. The van der Waals surface area contributed by atoms with Crippen molar-refractivity contribution < 1.29 is 14.3 Å². The van der Waals surface area contributed by atoms with E-state index < -0.39 is 5.97 Å². The Morgan fingerprint density at radius 3 is 2.03 bits per heavy atom. The molecule has 0 atom stereocenters. The minimum atomic E-state index is -0.979. The van der Waals surface area contributed by atoms with E-state index in [0.717, 1.165) is 50.9 Å². The Bertz CT molecular complexity index is 1410. The quantitative estimate of drug-likeness (QED) is 0.277. The molecule has 4 aromatic carbocycles. The fourth-order valence-electron chi connectivity index (χ4n) is 3.91. The van der Waals surface area contributed by atoms with Crippen molar-refractivity contribution in [2.75, 3.05) is 0 Å². The average Bonchev–Trinajstić information content (AvgIpc) is 3.34. The van der Waals surface area contributed by atoms with Crippen molar-refractivity contribution in [2.24, 2.45) is 0 Å². The number of hydrogen-bond donors (Lipinski definition) is 1. The third kappa shape index (κ3) is 4.43. The summed E-state index contributed by atoms with van der Waals surface area (Å²) in [6.07, 6.45) is 2.72. The van der Waals surface area contributed by atoms with Crippen LogP contribution in [0.2, 0.25) is 0 Å². The van der Waals surface area contributed by atoms with Crippen molar-refractivity contribution in [1.29, 1.82) is 0 Å². The SMILES string of the molecule is O=C(O)C=Cc1cccc(-c2ccccc2-c2nc(-c3ccccc3)c(-c3ccccc3)o2)c1. The van der Waals surface area contributed by atoms with Gasteiger partial charge in [0.1, 0.15) is 5.69 Å². The zero-order valence-corrected chi connectivity index (χ0v) is 18.3. The number of nitrogens with zero attached hydrogens (tertiary/aromatic N) is 1. The van der Waals surface area contributed by atoms with Gasteiger partial charge in [-0.15, -0.1) is 0 Å². The van der Waals surface area contributed by atoms with Crippen molar-refractivity contribution in [2.45, 2.75) is 0 Å². The second-order valence-corrected chi connectivity index (χ2v) is 7.77. The van der Waals surface area contributed by atoms with Crippen molar-refractivity contribution in [1.82, 2.24) is 4.98 Å². The van der Waals surface area contributed by atoms with Gasteiger partial charge in [0.25, 0.3) is 0 Å². The second kappa shape index (κ2) is 9.43. The molecule has 0 aliphatic carbocycles. The zero-order chi connectivity index (χ0) is 23.3. The average molecular weight is 444 g/mol. The van der Waals surface area contributed by atoms with E-state index in [4.69, 9.17) is 14.5 Å². The molecular formula is C30H21NO3. The lowest BCUT2D eigenvalue weighted by molar-refractivity contribution is -0.131. The summed E-state index contributed by atoms with van der Waals surface area (Å²) >= 11 is 0. The molecule has 1 heterocycles. The normalized spacial score (nSPS) is 11.1. The molecule has 0 aliphatic rings. The Kier molecular flexibility index (Phi) is 5.87. The third-order valence-corrected chi connectivity index (χ3v) is 5.48. The van der Waals surface area contributed by atoms with Crippen LogP contribution in [0.15, 0.2) is 120 Å².